The zero-order chi connectivity index (χ0) is 12.3. The molecule has 1 saturated carbocycles. The van der Waals surface area contributed by atoms with E-state index in [0.717, 1.165) is 32.2 Å². The van der Waals surface area contributed by atoms with Gasteiger partial charge in [0.05, 0.1) is 11.6 Å². The van der Waals surface area contributed by atoms with Crippen LogP contribution in [0.5, 0.6) is 0 Å². The molecule has 1 saturated heterocycles. The summed E-state index contributed by atoms with van der Waals surface area (Å²) in [5.74, 6) is 0.423. The van der Waals surface area contributed by atoms with Gasteiger partial charge in [-0.25, -0.2) is 0 Å². The van der Waals surface area contributed by atoms with Crippen LogP contribution < -0.4 is 10.6 Å². The number of rotatable bonds is 4. The smallest absolute Gasteiger partial charge is 0.240 e. The molecule has 0 aromatic carbocycles. The second-order valence-corrected chi connectivity index (χ2v) is 5.68. The molecule has 1 heterocycles. The van der Waals surface area contributed by atoms with Gasteiger partial charge in [0.1, 0.15) is 0 Å². The van der Waals surface area contributed by atoms with Crippen molar-refractivity contribution >= 4 is 18.3 Å². The molecule has 2 atom stereocenters. The van der Waals surface area contributed by atoms with Crippen LogP contribution in [0.1, 0.15) is 45.4 Å². The largest absolute Gasteiger partial charge is 0.391 e. The maximum atomic E-state index is 12.0. The Hall–Kier alpha value is -0.320. The van der Waals surface area contributed by atoms with E-state index in [1.807, 2.05) is 6.92 Å². The summed E-state index contributed by atoms with van der Waals surface area (Å²) in [4.78, 5) is 12.0. The predicted molar refractivity (Wildman–Crippen MR) is 73.9 cm³/mol. The average Bonchev–Trinajstić information content (AvgIpc) is 2.96. The molecule has 3 N–H and O–H groups in total. The van der Waals surface area contributed by atoms with Gasteiger partial charge in [0.25, 0.3) is 0 Å². The van der Waals surface area contributed by atoms with Gasteiger partial charge < -0.3 is 15.7 Å². The van der Waals surface area contributed by atoms with Crippen LogP contribution in [-0.2, 0) is 4.79 Å². The Balaban J connectivity index is 0.00000162. The van der Waals surface area contributed by atoms with E-state index in [1.165, 1.54) is 12.8 Å². The van der Waals surface area contributed by atoms with Crippen molar-refractivity contribution in [1.29, 1.82) is 0 Å². The molecule has 1 amide bonds. The first-order valence-electron chi connectivity index (χ1n) is 6.83. The summed E-state index contributed by atoms with van der Waals surface area (Å²) in [6, 6.07) is 0. The van der Waals surface area contributed by atoms with Gasteiger partial charge >= 0.3 is 0 Å². The van der Waals surface area contributed by atoms with Gasteiger partial charge in [-0.05, 0) is 45.1 Å². The minimum Gasteiger partial charge on any atom is -0.391 e. The quantitative estimate of drug-likeness (QED) is 0.724. The van der Waals surface area contributed by atoms with E-state index in [-0.39, 0.29) is 24.4 Å². The molecule has 0 radical (unpaired) electrons. The lowest BCUT2D eigenvalue weighted by Crippen LogP contribution is -2.52. The summed E-state index contributed by atoms with van der Waals surface area (Å²) in [6.45, 7) is 3.26. The molecule has 2 fully saturated rings. The molecule has 5 heteroatoms. The van der Waals surface area contributed by atoms with Crippen molar-refractivity contribution in [1.82, 2.24) is 10.6 Å². The molecule has 106 valence electrons. The van der Waals surface area contributed by atoms with Crippen molar-refractivity contribution in [2.75, 3.05) is 13.1 Å². The van der Waals surface area contributed by atoms with E-state index >= 15 is 0 Å². The van der Waals surface area contributed by atoms with E-state index in [0.29, 0.717) is 12.5 Å². The Morgan fingerprint density at radius 2 is 2.11 bits per heavy atom. The van der Waals surface area contributed by atoms with Crippen LogP contribution in [0.2, 0.25) is 0 Å². The Morgan fingerprint density at radius 1 is 1.44 bits per heavy atom. The minimum absolute atomic E-state index is 0. The minimum atomic E-state index is -0.421. The Labute approximate surface area is 115 Å². The predicted octanol–water partition coefficient (Wildman–Crippen LogP) is 1.22. The van der Waals surface area contributed by atoms with Crippen LogP contribution in [-0.4, -0.2) is 35.7 Å². The third kappa shape index (κ3) is 3.59. The fourth-order valence-electron chi connectivity index (χ4n) is 2.99. The van der Waals surface area contributed by atoms with Crippen LogP contribution in [0.3, 0.4) is 0 Å². The summed E-state index contributed by atoms with van der Waals surface area (Å²) < 4.78 is 0. The topological polar surface area (TPSA) is 61.4 Å². The third-order valence-corrected chi connectivity index (χ3v) is 4.29. The van der Waals surface area contributed by atoms with Crippen molar-refractivity contribution in [3.8, 4) is 0 Å². The molecular formula is C13H25ClN2O2. The van der Waals surface area contributed by atoms with E-state index < -0.39 is 5.54 Å². The number of aliphatic hydroxyl groups is 1. The van der Waals surface area contributed by atoms with Crippen molar-refractivity contribution in [3.63, 3.8) is 0 Å². The summed E-state index contributed by atoms with van der Waals surface area (Å²) >= 11 is 0. The van der Waals surface area contributed by atoms with Gasteiger partial charge in [-0.15, -0.1) is 12.4 Å². The highest BCUT2D eigenvalue weighted by Crippen LogP contribution is 2.27. The van der Waals surface area contributed by atoms with Gasteiger partial charge in [-0.2, -0.15) is 0 Å². The highest BCUT2D eigenvalue weighted by molar-refractivity contribution is 5.86. The molecule has 1 aliphatic carbocycles. The van der Waals surface area contributed by atoms with Crippen LogP contribution in [0.4, 0.5) is 0 Å². The number of halogens is 1. The van der Waals surface area contributed by atoms with E-state index in [1.54, 1.807) is 0 Å². The molecule has 2 aliphatic rings. The van der Waals surface area contributed by atoms with Gasteiger partial charge in [0, 0.05) is 6.54 Å². The molecule has 2 unspecified atom stereocenters. The molecule has 4 nitrogen and oxygen atoms in total. The summed E-state index contributed by atoms with van der Waals surface area (Å²) in [7, 11) is 0. The lowest BCUT2D eigenvalue weighted by Gasteiger charge is -2.25. The molecule has 2 rings (SSSR count). The molecule has 18 heavy (non-hydrogen) atoms. The van der Waals surface area contributed by atoms with Crippen LogP contribution >= 0.6 is 12.4 Å². The highest BCUT2D eigenvalue weighted by Gasteiger charge is 2.36. The number of hydrogen-bond acceptors (Lipinski definition) is 3. The van der Waals surface area contributed by atoms with Gasteiger partial charge in [0.15, 0.2) is 0 Å². The number of carbonyl (C=O) groups is 1. The molecular weight excluding hydrogens is 252 g/mol. The maximum Gasteiger partial charge on any atom is 0.240 e. The Morgan fingerprint density at radius 3 is 2.67 bits per heavy atom. The van der Waals surface area contributed by atoms with Crippen LogP contribution in [0, 0.1) is 5.92 Å². The first-order valence-corrected chi connectivity index (χ1v) is 6.83. The Kier molecular flexibility index (Phi) is 5.89. The average molecular weight is 277 g/mol. The first-order chi connectivity index (χ1) is 8.12. The van der Waals surface area contributed by atoms with Crippen molar-refractivity contribution in [3.05, 3.63) is 0 Å². The summed E-state index contributed by atoms with van der Waals surface area (Å²) in [5.41, 5.74) is -0.421. The van der Waals surface area contributed by atoms with E-state index in [2.05, 4.69) is 10.6 Å². The highest BCUT2D eigenvalue weighted by atomic mass is 35.5. The van der Waals surface area contributed by atoms with Crippen molar-refractivity contribution < 1.29 is 9.90 Å². The van der Waals surface area contributed by atoms with Gasteiger partial charge in [-0.1, -0.05) is 12.8 Å². The third-order valence-electron chi connectivity index (χ3n) is 4.29. The summed E-state index contributed by atoms with van der Waals surface area (Å²) in [6.07, 6.45) is 6.21. The summed E-state index contributed by atoms with van der Waals surface area (Å²) in [5, 5.41) is 16.1. The number of nitrogens with one attached hydrogen (secondary N) is 2. The number of aliphatic hydroxyl groups excluding tert-OH is 1. The lowest BCUT2D eigenvalue weighted by molar-refractivity contribution is -0.127. The lowest BCUT2D eigenvalue weighted by atomic mass is 9.98. The SMILES string of the molecule is CC1(C(=O)NCC(O)C2CCCC2)CCCN1.Cl. The standard InChI is InChI=1S/C13H24N2O2.ClH/c1-13(7-4-8-15-13)12(17)14-9-11(16)10-5-2-3-6-10;/h10-11,15-16H,2-9H2,1H3,(H,14,17);1H. The molecule has 1 aliphatic heterocycles. The van der Waals surface area contributed by atoms with E-state index in [9.17, 15) is 9.90 Å². The maximum absolute atomic E-state index is 12.0. The van der Waals surface area contributed by atoms with Crippen LogP contribution in [0.15, 0.2) is 0 Å². The van der Waals surface area contributed by atoms with Crippen molar-refractivity contribution in [2.45, 2.75) is 57.1 Å². The number of amides is 1. The fourth-order valence-corrected chi connectivity index (χ4v) is 2.99. The second kappa shape index (κ2) is 6.73. The zero-order valence-corrected chi connectivity index (χ0v) is 11.9. The molecule has 0 bridgehead atoms. The number of carbonyl (C=O) groups excluding carboxylic acids is 1. The molecule has 0 aromatic rings. The first kappa shape index (κ1) is 15.7. The fraction of sp³-hybridized carbons (Fsp3) is 0.923. The van der Waals surface area contributed by atoms with Crippen LogP contribution in [0.25, 0.3) is 0 Å². The van der Waals surface area contributed by atoms with Gasteiger partial charge in [0.2, 0.25) is 5.91 Å². The normalized spacial score (nSPS) is 29.9. The molecule has 0 spiro atoms. The second-order valence-electron chi connectivity index (χ2n) is 5.68. The Bertz CT molecular complexity index is 274. The van der Waals surface area contributed by atoms with Crippen molar-refractivity contribution in [2.24, 2.45) is 5.92 Å². The van der Waals surface area contributed by atoms with E-state index in [4.69, 9.17) is 0 Å². The van der Waals surface area contributed by atoms with Gasteiger partial charge in [-0.3, -0.25) is 4.79 Å². The number of hydrogen-bond donors (Lipinski definition) is 3. The monoisotopic (exact) mass is 276 g/mol. The molecule has 0 aromatic heterocycles. The zero-order valence-electron chi connectivity index (χ0n) is 11.1.